The summed E-state index contributed by atoms with van der Waals surface area (Å²) in [4.78, 5) is 13.6. The van der Waals surface area contributed by atoms with E-state index in [2.05, 4.69) is 11.8 Å². The molecule has 4 atom stereocenters. The molecule has 1 heterocycles. The van der Waals surface area contributed by atoms with E-state index in [0.29, 0.717) is 5.92 Å². The van der Waals surface area contributed by atoms with Gasteiger partial charge in [-0.05, 0) is 38.1 Å². The number of hydrogen-bond donors (Lipinski definition) is 2. The Morgan fingerprint density at radius 1 is 1.21 bits per heavy atom. The molecule has 4 unspecified atom stereocenters. The first-order chi connectivity index (χ1) is 9.13. The summed E-state index contributed by atoms with van der Waals surface area (Å²) in [7, 11) is 0. The number of carbonyl (C=O) groups is 1. The lowest BCUT2D eigenvalue weighted by atomic mass is 9.86. The van der Waals surface area contributed by atoms with Gasteiger partial charge in [0.05, 0.1) is 6.10 Å². The molecule has 0 aromatic heterocycles. The van der Waals surface area contributed by atoms with Crippen LogP contribution in [0.4, 0.5) is 0 Å². The number of aliphatic hydroxyl groups is 1. The fourth-order valence-electron chi connectivity index (χ4n) is 3.72. The van der Waals surface area contributed by atoms with E-state index < -0.39 is 12.0 Å². The van der Waals surface area contributed by atoms with Crippen molar-refractivity contribution in [2.45, 2.75) is 76.5 Å². The molecule has 4 heteroatoms. The van der Waals surface area contributed by atoms with Gasteiger partial charge in [0.15, 0.2) is 0 Å². The second kappa shape index (κ2) is 6.71. The minimum absolute atomic E-state index is 0.0569. The number of aliphatic carboxylic acids is 1. The van der Waals surface area contributed by atoms with E-state index in [-0.39, 0.29) is 12.1 Å². The fourth-order valence-corrected chi connectivity index (χ4v) is 3.72. The number of rotatable bonds is 3. The van der Waals surface area contributed by atoms with Crippen LogP contribution in [0.15, 0.2) is 0 Å². The van der Waals surface area contributed by atoms with Gasteiger partial charge >= 0.3 is 5.97 Å². The number of carboxylic acids is 1. The summed E-state index contributed by atoms with van der Waals surface area (Å²) in [6.07, 6.45) is 7.65. The molecule has 2 aliphatic rings. The van der Waals surface area contributed by atoms with E-state index in [4.69, 9.17) is 0 Å². The standard InChI is InChI=1S/C15H27NO3/c1-2-11-8-9-16(13(10-11)15(18)19)12-6-4-3-5-7-14(12)17/h11-14,17H,2-10H2,1H3,(H,18,19). The van der Waals surface area contributed by atoms with Gasteiger partial charge in [0.2, 0.25) is 0 Å². The third-order valence-electron chi connectivity index (χ3n) is 4.98. The van der Waals surface area contributed by atoms with Gasteiger partial charge in [-0.25, -0.2) is 0 Å². The SMILES string of the molecule is CCC1CCN(C2CCCCCC2O)C(C(=O)O)C1. The van der Waals surface area contributed by atoms with Gasteiger partial charge in [-0.2, -0.15) is 0 Å². The lowest BCUT2D eigenvalue weighted by molar-refractivity contribution is -0.148. The van der Waals surface area contributed by atoms with Crippen molar-refractivity contribution < 1.29 is 15.0 Å². The number of likely N-dealkylation sites (tertiary alicyclic amines) is 1. The van der Waals surface area contributed by atoms with E-state index in [9.17, 15) is 15.0 Å². The molecule has 1 saturated carbocycles. The summed E-state index contributed by atoms with van der Waals surface area (Å²) in [5, 5.41) is 19.8. The first-order valence-electron chi connectivity index (χ1n) is 7.80. The van der Waals surface area contributed by atoms with E-state index in [1.54, 1.807) is 0 Å². The van der Waals surface area contributed by atoms with Crippen molar-refractivity contribution in [3.63, 3.8) is 0 Å². The third kappa shape index (κ3) is 3.48. The van der Waals surface area contributed by atoms with Crippen molar-refractivity contribution in [2.75, 3.05) is 6.54 Å². The molecule has 0 aromatic rings. The van der Waals surface area contributed by atoms with Crippen molar-refractivity contribution >= 4 is 5.97 Å². The van der Waals surface area contributed by atoms with Crippen molar-refractivity contribution in [1.29, 1.82) is 0 Å². The summed E-state index contributed by atoms with van der Waals surface area (Å²) in [5.74, 6) is -0.185. The number of piperidine rings is 1. The number of nitrogens with zero attached hydrogens (tertiary/aromatic N) is 1. The Balaban J connectivity index is 2.09. The Hall–Kier alpha value is -0.610. The van der Waals surface area contributed by atoms with Gasteiger partial charge < -0.3 is 10.2 Å². The highest BCUT2D eigenvalue weighted by Crippen LogP contribution is 2.31. The van der Waals surface area contributed by atoms with Gasteiger partial charge in [0, 0.05) is 6.04 Å². The Morgan fingerprint density at radius 2 is 1.95 bits per heavy atom. The normalized spacial score (nSPS) is 37.8. The zero-order valence-electron chi connectivity index (χ0n) is 11.9. The molecule has 1 aliphatic heterocycles. The molecule has 2 rings (SSSR count). The number of aliphatic hydroxyl groups excluding tert-OH is 1. The summed E-state index contributed by atoms with van der Waals surface area (Å²) in [5.41, 5.74) is 0. The van der Waals surface area contributed by atoms with Crippen LogP contribution < -0.4 is 0 Å². The molecular formula is C15H27NO3. The average Bonchev–Trinajstić information content (AvgIpc) is 2.62. The van der Waals surface area contributed by atoms with Crippen molar-refractivity contribution in [2.24, 2.45) is 5.92 Å². The second-order valence-corrected chi connectivity index (χ2v) is 6.16. The highest BCUT2D eigenvalue weighted by atomic mass is 16.4. The zero-order valence-corrected chi connectivity index (χ0v) is 11.9. The van der Waals surface area contributed by atoms with Gasteiger partial charge in [-0.15, -0.1) is 0 Å². The predicted octanol–water partition coefficient (Wildman–Crippen LogP) is 2.26. The zero-order chi connectivity index (χ0) is 13.8. The molecule has 110 valence electrons. The Bertz CT molecular complexity index is 308. The molecular weight excluding hydrogens is 242 g/mol. The molecule has 0 amide bonds. The molecule has 2 N–H and O–H groups in total. The maximum atomic E-state index is 11.5. The lowest BCUT2D eigenvalue weighted by Gasteiger charge is -2.43. The smallest absolute Gasteiger partial charge is 0.320 e. The highest BCUT2D eigenvalue weighted by molar-refractivity contribution is 5.73. The van der Waals surface area contributed by atoms with E-state index in [0.717, 1.165) is 57.9 Å². The first kappa shape index (κ1) is 14.8. The molecule has 0 radical (unpaired) electrons. The molecule has 1 aliphatic carbocycles. The van der Waals surface area contributed by atoms with Gasteiger partial charge in [0.1, 0.15) is 6.04 Å². The maximum absolute atomic E-state index is 11.5. The maximum Gasteiger partial charge on any atom is 0.320 e. The molecule has 0 bridgehead atoms. The monoisotopic (exact) mass is 269 g/mol. The van der Waals surface area contributed by atoms with Crippen LogP contribution in [0.25, 0.3) is 0 Å². The molecule has 0 spiro atoms. The predicted molar refractivity (Wildman–Crippen MR) is 74.0 cm³/mol. The molecule has 0 aromatic carbocycles. The van der Waals surface area contributed by atoms with Crippen LogP contribution in [-0.4, -0.2) is 45.8 Å². The van der Waals surface area contributed by atoms with E-state index in [1.807, 2.05) is 0 Å². The van der Waals surface area contributed by atoms with Crippen molar-refractivity contribution in [3.05, 3.63) is 0 Å². The minimum atomic E-state index is -0.713. The van der Waals surface area contributed by atoms with E-state index >= 15 is 0 Å². The fraction of sp³-hybridized carbons (Fsp3) is 0.933. The quantitative estimate of drug-likeness (QED) is 0.772. The van der Waals surface area contributed by atoms with Crippen molar-refractivity contribution in [1.82, 2.24) is 4.90 Å². The first-order valence-corrected chi connectivity index (χ1v) is 7.80. The van der Waals surface area contributed by atoms with Crippen LogP contribution in [0.2, 0.25) is 0 Å². The Morgan fingerprint density at radius 3 is 2.63 bits per heavy atom. The number of hydrogen-bond acceptors (Lipinski definition) is 3. The van der Waals surface area contributed by atoms with Gasteiger partial charge in [-0.1, -0.05) is 32.6 Å². The molecule has 1 saturated heterocycles. The molecule has 2 fully saturated rings. The van der Waals surface area contributed by atoms with Crippen LogP contribution in [0.5, 0.6) is 0 Å². The van der Waals surface area contributed by atoms with Crippen LogP contribution in [0.3, 0.4) is 0 Å². The lowest BCUT2D eigenvalue weighted by Crippen LogP contribution is -2.55. The van der Waals surface area contributed by atoms with Crippen molar-refractivity contribution in [3.8, 4) is 0 Å². The highest BCUT2D eigenvalue weighted by Gasteiger charge is 2.39. The Kier molecular flexibility index (Phi) is 5.22. The van der Waals surface area contributed by atoms with Crippen LogP contribution in [0.1, 0.15) is 58.3 Å². The van der Waals surface area contributed by atoms with Gasteiger partial charge in [-0.3, -0.25) is 9.69 Å². The summed E-state index contributed by atoms with van der Waals surface area (Å²) in [6, 6.07) is -0.335. The molecule has 4 nitrogen and oxygen atoms in total. The average molecular weight is 269 g/mol. The van der Waals surface area contributed by atoms with Crippen LogP contribution in [0, 0.1) is 5.92 Å². The number of carboxylic acid groups (broad SMARTS) is 1. The second-order valence-electron chi connectivity index (χ2n) is 6.16. The summed E-state index contributed by atoms with van der Waals surface area (Å²) < 4.78 is 0. The summed E-state index contributed by atoms with van der Waals surface area (Å²) in [6.45, 7) is 2.97. The third-order valence-corrected chi connectivity index (χ3v) is 4.98. The largest absolute Gasteiger partial charge is 0.480 e. The minimum Gasteiger partial charge on any atom is -0.480 e. The van der Waals surface area contributed by atoms with Crippen LogP contribution in [-0.2, 0) is 4.79 Å². The summed E-state index contributed by atoms with van der Waals surface area (Å²) >= 11 is 0. The van der Waals surface area contributed by atoms with Gasteiger partial charge in [0.25, 0.3) is 0 Å². The Labute approximate surface area is 115 Å². The van der Waals surface area contributed by atoms with E-state index in [1.165, 1.54) is 0 Å². The van der Waals surface area contributed by atoms with Crippen LogP contribution >= 0.6 is 0 Å². The topological polar surface area (TPSA) is 60.8 Å². The molecule has 19 heavy (non-hydrogen) atoms.